The summed E-state index contributed by atoms with van der Waals surface area (Å²) in [6, 6.07) is 9.26. The van der Waals surface area contributed by atoms with E-state index in [9.17, 15) is 35.9 Å². The second kappa shape index (κ2) is 11.2. The molecule has 0 bridgehead atoms. The van der Waals surface area contributed by atoms with Crippen LogP contribution in [0.1, 0.15) is 15.9 Å². The third-order valence-electron chi connectivity index (χ3n) is 4.99. The lowest BCUT2D eigenvalue weighted by molar-refractivity contribution is -0.192. The van der Waals surface area contributed by atoms with E-state index in [0.717, 1.165) is 18.4 Å². The first-order valence-electron chi connectivity index (χ1n) is 10.1. The number of aldehydes is 1. The highest BCUT2D eigenvalue weighted by Crippen LogP contribution is 2.33. The van der Waals surface area contributed by atoms with Gasteiger partial charge in [0.15, 0.2) is 0 Å². The van der Waals surface area contributed by atoms with Gasteiger partial charge >= 0.3 is 18.3 Å². The molecular weight excluding hydrogens is 484 g/mol. The number of carbonyl (C=O) groups is 3. The molecule has 1 unspecified atom stereocenters. The Kier molecular flexibility index (Phi) is 8.85. The molecule has 35 heavy (non-hydrogen) atoms. The minimum Gasteiger partial charge on any atom is -0.475 e. The van der Waals surface area contributed by atoms with Crippen molar-refractivity contribution in [2.75, 3.05) is 32.0 Å². The first kappa shape index (κ1) is 27.6. The van der Waals surface area contributed by atoms with Crippen LogP contribution < -0.4 is 10.6 Å². The van der Waals surface area contributed by atoms with Crippen molar-refractivity contribution in [1.29, 1.82) is 0 Å². The Bertz CT molecular complexity index is 1070. The maximum absolute atomic E-state index is 13.1. The molecule has 190 valence electrons. The van der Waals surface area contributed by atoms with E-state index >= 15 is 0 Å². The quantitative estimate of drug-likeness (QED) is 0.434. The van der Waals surface area contributed by atoms with E-state index in [1.54, 1.807) is 31.3 Å². The molecule has 1 atom stereocenters. The summed E-state index contributed by atoms with van der Waals surface area (Å²) in [6.45, 7) is 1.31. The van der Waals surface area contributed by atoms with E-state index in [4.69, 9.17) is 9.90 Å². The van der Waals surface area contributed by atoms with E-state index in [1.165, 1.54) is 11.0 Å². The second-order valence-corrected chi connectivity index (χ2v) is 7.30. The third kappa shape index (κ3) is 7.18. The second-order valence-electron chi connectivity index (χ2n) is 7.30. The van der Waals surface area contributed by atoms with Gasteiger partial charge in [-0.15, -0.1) is 0 Å². The number of hydrogen-bond acceptors (Lipinski definition) is 5. The molecule has 0 spiro atoms. The number of carboxylic acids is 1. The summed E-state index contributed by atoms with van der Waals surface area (Å²) in [6.07, 6.45) is -8.81. The van der Waals surface area contributed by atoms with Crippen LogP contribution >= 0.6 is 0 Å². The van der Waals surface area contributed by atoms with Crippen LogP contribution in [0.2, 0.25) is 0 Å². The smallest absolute Gasteiger partial charge is 0.475 e. The van der Waals surface area contributed by atoms with Gasteiger partial charge in [-0.1, -0.05) is 18.2 Å². The van der Waals surface area contributed by atoms with Crippen LogP contribution in [0.4, 0.5) is 32.0 Å². The Morgan fingerprint density at radius 3 is 2.26 bits per heavy atom. The summed E-state index contributed by atoms with van der Waals surface area (Å²) in [7, 11) is 1.66. The predicted octanol–water partition coefficient (Wildman–Crippen LogP) is 3.66. The van der Waals surface area contributed by atoms with E-state index < -0.39 is 29.9 Å². The fourth-order valence-electron chi connectivity index (χ4n) is 3.25. The van der Waals surface area contributed by atoms with Crippen LogP contribution in [0.3, 0.4) is 0 Å². The number of amides is 1. The number of alkyl halides is 6. The molecule has 3 N–H and O–H groups in total. The van der Waals surface area contributed by atoms with Gasteiger partial charge in [-0.3, -0.25) is 4.79 Å². The number of aliphatic carboxylic acids is 1. The molecule has 1 heterocycles. The molecule has 3 rings (SSSR count). The molecule has 1 aliphatic rings. The Morgan fingerprint density at radius 2 is 1.71 bits per heavy atom. The summed E-state index contributed by atoms with van der Waals surface area (Å²) in [5.74, 6) is -3.09. The van der Waals surface area contributed by atoms with Gasteiger partial charge in [0.1, 0.15) is 12.3 Å². The molecule has 2 aromatic carbocycles. The minimum atomic E-state index is -5.08. The average Bonchev–Trinajstić information content (AvgIpc) is 2.82. The number of halogens is 6. The number of nitrogens with one attached hydrogen (secondary N) is 2. The maximum atomic E-state index is 13.1. The van der Waals surface area contributed by atoms with Crippen LogP contribution in [0, 0.1) is 0 Å². The number of rotatable bonds is 4. The van der Waals surface area contributed by atoms with Crippen LogP contribution in [-0.2, 0) is 15.8 Å². The number of nitrogens with zero attached hydrogens (tertiary/aromatic N) is 1. The van der Waals surface area contributed by atoms with Crippen LogP contribution in [0.5, 0.6) is 0 Å². The lowest BCUT2D eigenvalue weighted by Crippen LogP contribution is -2.54. The van der Waals surface area contributed by atoms with E-state index in [-0.39, 0.29) is 5.91 Å². The molecule has 2 aromatic rings. The highest BCUT2D eigenvalue weighted by molar-refractivity contribution is 6.02. The number of carbonyl (C=O) groups excluding carboxylic acids is 2. The van der Waals surface area contributed by atoms with Crippen molar-refractivity contribution in [1.82, 2.24) is 10.2 Å². The highest BCUT2D eigenvalue weighted by atomic mass is 19.4. The summed E-state index contributed by atoms with van der Waals surface area (Å²) < 4.78 is 70.8. The fourth-order valence-corrected chi connectivity index (χ4v) is 3.25. The third-order valence-corrected chi connectivity index (χ3v) is 4.99. The summed E-state index contributed by atoms with van der Waals surface area (Å²) in [4.78, 5) is 34.8. The van der Waals surface area contributed by atoms with Gasteiger partial charge in [0.05, 0.1) is 11.1 Å². The monoisotopic (exact) mass is 505 g/mol. The van der Waals surface area contributed by atoms with E-state index in [1.807, 2.05) is 0 Å². The number of hydrogen-bond donors (Lipinski definition) is 3. The molecule has 1 aliphatic heterocycles. The Hall–Kier alpha value is -3.61. The van der Waals surface area contributed by atoms with Crippen LogP contribution in [0.15, 0.2) is 42.5 Å². The van der Waals surface area contributed by atoms with Gasteiger partial charge in [-0.25, -0.2) is 4.79 Å². The number of carboxylic acid groups (broad SMARTS) is 1. The highest BCUT2D eigenvalue weighted by Gasteiger charge is 2.38. The average molecular weight is 505 g/mol. The summed E-state index contributed by atoms with van der Waals surface area (Å²) >= 11 is 0. The van der Waals surface area contributed by atoms with Crippen LogP contribution in [-0.4, -0.2) is 67.1 Å². The minimum absolute atomic E-state index is 0.311. The molecule has 13 heteroatoms. The van der Waals surface area contributed by atoms with Crippen molar-refractivity contribution in [3.05, 3.63) is 53.6 Å². The fraction of sp³-hybridized carbons (Fsp3) is 0.318. The molecule has 0 saturated carbocycles. The zero-order valence-electron chi connectivity index (χ0n) is 18.2. The number of anilines is 1. The predicted molar refractivity (Wildman–Crippen MR) is 114 cm³/mol. The lowest BCUT2D eigenvalue weighted by atomic mass is 9.98. The zero-order valence-corrected chi connectivity index (χ0v) is 18.2. The van der Waals surface area contributed by atoms with Crippen molar-refractivity contribution in [2.24, 2.45) is 0 Å². The van der Waals surface area contributed by atoms with Gasteiger partial charge in [0.25, 0.3) is 5.91 Å². The van der Waals surface area contributed by atoms with Gasteiger partial charge in [-0.2, -0.15) is 26.3 Å². The molecule has 0 aliphatic carbocycles. The molecule has 1 amide bonds. The molecule has 0 aromatic heterocycles. The van der Waals surface area contributed by atoms with Crippen molar-refractivity contribution in [3.8, 4) is 11.1 Å². The Labute approximate surface area is 195 Å². The van der Waals surface area contributed by atoms with Crippen molar-refractivity contribution >= 4 is 23.9 Å². The largest absolute Gasteiger partial charge is 0.490 e. The Balaban J connectivity index is 0.000000540. The van der Waals surface area contributed by atoms with Gasteiger partial charge < -0.3 is 25.4 Å². The topological polar surface area (TPSA) is 98.7 Å². The number of piperazine rings is 1. The van der Waals surface area contributed by atoms with E-state index in [0.29, 0.717) is 42.0 Å². The zero-order chi connectivity index (χ0) is 26.4. The summed E-state index contributed by atoms with van der Waals surface area (Å²) in [5, 5.41) is 13.1. The van der Waals surface area contributed by atoms with Gasteiger partial charge in [0.2, 0.25) is 0 Å². The normalized spacial score (nSPS) is 16.1. The molecule has 0 radical (unpaired) electrons. The molecule has 1 fully saturated rings. The van der Waals surface area contributed by atoms with Gasteiger partial charge in [0, 0.05) is 32.4 Å². The number of benzene rings is 2. The Morgan fingerprint density at radius 1 is 1.09 bits per heavy atom. The molecular formula is C22H21F6N3O4. The van der Waals surface area contributed by atoms with Crippen molar-refractivity contribution in [2.45, 2.75) is 18.4 Å². The standard InChI is InChI=1S/C20H20F3N3O2.C2HF3O2/c1-24-18-6-5-14(13-3-2-4-15(9-13)20(21,22)23)10-17(18)19(28)26-8-7-25-11-16(26)12-27;3-2(4,5)1(6)7/h2-6,9-10,12,16,24-25H,7-8,11H2,1H3;(H,6,7). The van der Waals surface area contributed by atoms with Crippen molar-refractivity contribution in [3.63, 3.8) is 0 Å². The van der Waals surface area contributed by atoms with E-state index in [2.05, 4.69) is 10.6 Å². The van der Waals surface area contributed by atoms with Crippen LogP contribution in [0.25, 0.3) is 11.1 Å². The summed E-state index contributed by atoms with van der Waals surface area (Å²) in [5.41, 5.74) is 0.957. The SMILES string of the molecule is CNc1ccc(-c2cccc(C(F)(F)F)c2)cc1C(=O)N1CCNCC1C=O.O=C(O)C(F)(F)F. The van der Waals surface area contributed by atoms with Gasteiger partial charge in [-0.05, 0) is 35.4 Å². The molecule has 7 nitrogen and oxygen atoms in total. The first-order valence-corrected chi connectivity index (χ1v) is 10.1. The van der Waals surface area contributed by atoms with Crippen molar-refractivity contribution < 1.29 is 45.8 Å². The maximum Gasteiger partial charge on any atom is 0.490 e. The molecule has 1 saturated heterocycles. The first-order chi connectivity index (χ1) is 16.3. The lowest BCUT2D eigenvalue weighted by Gasteiger charge is -2.33.